The van der Waals surface area contributed by atoms with E-state index in [1.54, 1.807) is 42.3 Å². The van der Waals surface area contributed by atoms with Gasteiger partial charge in [-0.05, 0) is 44.0 Å². The van der Waals surface area contributed by atoms with Crippen LogP contribution in [-0.4, -0.2) is 46.6 Å². The molecule has 25 heavy (non-hydrogen) atoms. The van der Waals surface area contributed by atoms with E-state index < -0.39 is 0 Å². The highest BCUT2D eigenvalue weighted by molar-refractivity contribution is 5.94. The Morgan fingerprint density at radius 2 is 2.16 bits per heavy atom. The van der Waals surface area contributed by atoms with Crippen molar-refractivity contribution in [3.05, 3.63) is 40.6 Å². The zero-order valence-corrected chi connectivity index (χ0v) is 14.0. The summed E-state index contributed by atoms with van der Waals surface area (Å²) in [6.45, 7) is 3.27. The summed E-state index contributed by atoms with van der Waals surface area (Å²) in [5.41, 5.74) is 1.12. The van der Waals surface area contributed by atoms with Gasteiger partial charge in [-0.2, -0.15) is 0 Å². The number of carbonyl (C=O) groups is 1. The fourth-order valence-corrected chi connectivity index (χ4v) is 3.09. The lowest BCUT2D eigenvalue weighted by Gasteiger charge is -2.32. The molecule has 1 aromatic heterocycles. The van der Waals surface area contributed by atoms with Crippen molar-refractivity contribution in [3.8, 4) is 0 Å². The quantitative estimate of drug-likeness (QED) is 0.676. The molecule has 8 nitrogen and oxygen atoms in total. The van der Waals surface area contributed by atoms with E-state index in [0.29, 0.717) is 49.1 Å². The molecule has 1 N–H and O–H groups in total. The molecule has 0 atom stereocenters. The number of hydrogen-bond donors (Lipinski definition) is 1. The van der Waals surface area contributed by atoms with Crippen LogP contribution in [0.5, 0.6) is 0 Å². The number of hydrogen-bond acceptors (Lipinski definition) is 6. The number of rotatable bonds is 4. The summed E-state index contributed by atoms with van der Waals surface area (Å²) in [5.74, 6) is 0. The second-order valence-electron chi connectivity index (χ2n) is 5.89. The van der Waals surface area contributed by atoms with Gasteiger partial charge in [0.2, 0.25) is 0 Å². The van der Waals surface area contributed by atoms with Gasteiger partial charge in [0.15, 0.2) is 0 Å². The molecular formula is C17H20N4O4. The number of anilines is 1. The monoisotopic (exact) mass is 344 g/mol. The molecule has 8 heteroatoms. The first-order chi connectivity index (χ1) is 12.1. The summed E-state index contributed by atoms with van der Waals surface area (Å²) in [5, 5.41) is 15.3. The number of benzene rings is 1. The van der Waals surface area contributed by atoms with Crippen LogP contribution in [0.4, 0.5) is 16.2 Å². The zero-order chi connectivity index (χ0) is 17.8. The number of pyridine rings is 1. The van der Waals surface area contributed by atoms with Crippen LogP contribution in [0.3, 0.4) is 0 Å². The Labute approximate surface area is 144 Å². The van der Waals surface area contributed by atoms with Crippen LogP contribution in [0.15, 0.2) is 30.5 Å². The average Bonchev–Trinajstić information content (AvgIpc) is 2.62. The minimum absolute atomic E-state index is 0.0402. The molecule has 0 unspecified atom stereocenters. The maximum absolute atomic E-state index is 11.7. The summed E-state index contributed by atoms with van der Waals surface area (Å²) in [7, 11) is 0. The van der Waals surface area contributed by atoms with Crippen LogP contribution < -0.4 is 5.32 Å². The number of nitro groups is 1. The van der Waals surface area contributed by atoms with Gasteiger partial charge in [-0.25, -0.2) is 4.79 Å². The Morgan fingerprint density at radius 1 is 1.40 bits per heavy atom. The van der Waals surface area contributed by atoms with Gasteiger partial charge < -0.3 is 15.0 Å². The molecule has 2 heterocycles. The molecule has 0 saturated carbocycles. The number of nitro benzene ring substituents is 1. The van der Waals surface area contributed by atoms with Crippen molar-refractivity contribution in [1.82, 2.24) is 9.88 Å². The highest BCUT2D eigenvalue weighted by atomic mass is 16.6. The lowest BCUT2D eigenvalue weighted by molar-refractivity contribution is -0.382. The van der Waals surface area contributed by atoms with Crippen molar-refractivity contribution in [2.24, 2.45) is 0 Å². The van der Waals surface area contributed by atoms with Crippen LogP contribution in [0.25, 0.3) is 10.9 Å². The third-order valence-corrected chi connectivity index (χ3v) is 4.32. The minimum Gasteiger partial charge on any atom is -0.450 e. The van der Waals surface area contributed by atoms with E-state index in [9.17, 15) is 14.9 Å². The van der Waals surface area contributed by atoms with Crippen molar-refractivity contribution in [2.45, 2.75) is 25.8 Å². The Hall–Kier alpha value is -2.90. The Bertz CT molecular complexity index is 787. The maximum Gasteiger partial charge on any atom is 0.409 e. The van der Waals surface area contributed by atoms with Gasteiger partial charge >= 0.3 is 11.8 Å². The number of ether oxygens (including phenoxy) is 1. The molecule has 1 aromatic carbocycles. The summed E-state index contributed by atoms with van der Waals surface area (Å²) in [4.78, 5) is 28.8. The number of carbonyl (C=O) groups excluding carboxylic acids is 1. The molecule has 1 amide bonds. The number of aromatic nitrogens is 1. The first-order valence-electron chi connectivity index (χ1n) is 8.30. The number of piperidine rings is 1. The SMILES string of the molecule is CCOC(=O)N1CCC(Nc2ccc3ncccc3c2[N+](=O)[O-])CC1. The van der Waals surface area contributed by atoms with Crippen molar-refractivity contribution in [2.75, 3.05) is 25.0 Å². The van der Waals surface area contributed by atoms with Gasteiger partial charge in [-0.1, -0.05) is 0 Å². The van der Waals surface area contributed by atoms with E-state index in [0.717, 1.165) is 0 Å². The van der Waals surface area contributed by atoms with Crippen LogP contribution in [0.1, 0.15) is 19.8 Å². The molecular weight excluding hydrogens is 324 g/mol. The maximum atomic E-state index is 11.7. The van der Waals surface area contributed by atoms with E-state index in [4.69, 9.17) is 4.74 Å². The summed E-state index contributed by atoms with van der Waals surface area (Å²) < 4.78 is 5.00. The van der Waals surface area contributed by atoms with E-state index >= 15 is 0 Å². The lowest BCUT2D eigenvalue weighted by atomic mass is 10.0. The fraction of sp³-hybridized carbons (Fsp3) is 0.412. The summed E-state index contributed by atoms with van der Waals surface area (Å²) in [6, 6.07) is 6.94. The van der Waals surface area contributed by atoms with Crippen molar-refractivity contribution >= 4 is 28.4 Å². The molecule has 1 aliphatic heterocycles. The predicted molar refractivity (Wildman–Crippen MR) is 93.6 cm³/mol. The van der Waals surface area contributed by atoms with Crippen LogP contribution >= 0.6 is 0 Å². The van der Waals surface area contributed by atoms with E-state index in [1.807, 2.05) is 0 Å². The molecule has 0 bridgehead atoms. The Morgan fingerprint density at radius 3 is 2.84 bits per heavy atom. The molecule has 1 fully saturated rings. The molecule has 2 aromatic rings. The van der Waals surface area contributed by atoms with Gasteiger partial charge in [-0.15, -0.1) is 0 Å². The van der Waals surface area contributed by atoms with Gasteiger partial charge in [-0.3, -0.25) is 15.1 Å². The summed E-state index contributed by atoms with van der Waals surface area (Å²) >= 11 is 0. The second-order valence-corrected chi connectivity index (χ2v) is 5.89. The Kier molecular flexibility index (Phi) is 4.97. The van der Waals surface area contributed by atoms with Crippen LogP contribution in [0, 0.1) is 10.1 Å². The zero-order valence-electron chi connectivity index (χ0n) is 14.0. The van der Waals surface area contributed by atoms with Gasteiger partial charge in [0.05, 0.1) is 22.4 Å². The normalized spacial score (nSPS) is 15.2. The van der Waals surface area contributed by atoms with Crippen molar-refractivity contribution < 1.29 is 14.5 Å². The lowest BCUT2D eigenvalue weighted by Crippen LogP contribution is -2.42. The molecule has 132 valence electrons. The smallest absolute Gasteiger partial charge is 0.409 e. The molecule has 0 radical (unpaired) electrons. The average molecular weight is 344 g/mol. The predicted octanol–water partition coefficient (Wildman–Crippen LogP) is 3.18. The first kappa shape index (κ1) is 16.9. The molecule has 1 aliphatic rings. The number of amides is 1. The minimum atomic E-state index is -0.375. The second kappa shape index (κ2) is 7.33. The standard InChI is InChI=1S/C17H20N4O4/c1-2-25-17(22)20-10-7-12(8-11-20)19-15-6-5-14-13(4-3-9-18-14)16(15)21(23)24/h3-6,9,12,19H,2,7-8,10-11H2,1H3. The van der Waals surface area contributed by atoms with Crippen LogP contribution in [-0.2, 0) is 4.74 Å². The molecule has 3 rings (SSSR count). The van der Waals surface area contributed by atoms with E-state index in [2.05, 4.69) is 10.3 Å². The number of nitrogens with zero attached hydrogens (tertiary/aromatic N) is 3. The fourth-order valence-electron chi connectivity index (χ4n) is 3.09. The van der Waals surface area contributed by atoms with E-state index in [1.165, 1.54) is 0 Å². The molecule has 1 saturated heterocycles. The molecule has 0 aliphatic carbocycles. The summed E-state index contributed by atoms with van der Waals surface area (Å²) in [6.07, 6.45) is 2.73. The third-order valence-electron chi connectivity index (χ3n) is 4.32. The largest absolute Gasteiger partial charge is 0.450 e. The highest BCUT2D eigenvalue weighted by Crippen LogP contribution is 2.33. The van der Waals surface area contributed by atoms with Crippen molar-refractivity contribution in [3.63, 3.8) is 0 Å². The number of fused-ring (bicyclic) bond motifs is 1. The van der Waals surface area contributed by atoms with Crippen LogP contribution in [0.2, 0.25) is 0 Å². The van der Waals surface area contributed by atoms with E-state index in [-0.39, 0.29) is 22.7 Å². The van der Waals surface area contributed by atoms with Gasteiger partial charge in [0.1, 0.15) is 5.69 Å². The topological polar surface area (TPSA) is 97.6 Å². The van der Waals surface area contributed by atoms with Crippen molar-refractivity contribution in [1.29, 1.82) is 0 Å². The number of likely N-dealkylation sites (tertiary alicyclic amines) is 1. The molecule has 0 spiro atoms. The van der Waals surface area contributed by atoms with Gasteiger partial charge in [0, 0.05) is 25.3 Å². The Balaban J connectivity index is 1.75. The first-order valence-corrected chi connectivity index (χ1v) is 8.30. The highest BCUT2D eigenvalue weighted by Gasteiger charge is 2.26. The van der Waals surface area contributed by atoms with Gasteiger partial charge in [0.25, 0.3) is 0 Å². The third kappa shape index (κ3) is 3.62. The number of nitrogens with one attached hydrogen (secondary N) is 1.